The summed E-state index contributed by atoms with van der Waals surface area (Å²) < 4.78 is 6.10. The van der Waals surface area contributed by atoms with Crippen LogP contribution in [0.3, 0.4) is 0 Å². The Morgan fingerprint density at radius 1 is 0.898 bits per heavy atom. The summed E-state index contributed by atoms with van der Waals surface area (Å²) >= 11 is 0. The molecule has 0 radical (unpaired) electrons. The van der Waals surface area contributed by atoms with Gasteiger partial charge in [0.2, 0.25) is 0 Å². The van der Waals surface area contributed by atoms with Gasteiger partial charge in [0.15, 0.2) is 0 Å². The van der Waals surface area contributed by atoms with Crippen LogP contribution in [0.1, 0.15) is 183 Å². The number of hydrogen-bond acceptors (Lipinski definition) is 4. The third-order valence-electron chi connectivity index (χ3n) is 14.1. The van der Waals surface area contributed by atoms with Crippen molar-refractivity contribution in [3.05, 3.63) is 36.0 Å². The van der Waals surface area contributed by atoms with Crippen molar-refractivity contribution in [3.8, 4) is 0 Å². The maximum Gasteiger partial charge on any atom is 0.306 e. The lowest BCUT2D eigenvalue weighted by atomic mass is 9.47. The molecule has 2 unspecified atom stereocenters. The second-order valence-corrected chi connectivity index (χ2v) is 17.9. The fraction of sp³-hybridized carbons (Fsp3) is 0.844. The van der Waals surface area contributed by atoms with Crippen LogP contribution < -0.4 is 0 Å². The van der Waals surface area contributed by atoms with Gasteiger partial charge in [-0.1, -0.05) is 135 Å². The van der Waals surface area contributed by atoms with Crippen LogP contribution in [0.4, 0.5) is 0 Å². The van der Waals surface area contributed by atoms with Crippen LogP contribution in [0.5, 0.6) is 0 Å². The largest absolute Gasteiger partial charge is 0.462 e. The predicted molar refractivity (Wildman–Crippen MR) is 205 cm³/mol. The summed E-state index contributed by atoms with van der Waals surface area (Å²) in [6, 6.07) is 0. The molecular weight excluding hydrogens is 604 g/mol. The van der Waals surface area contributed by atoms with E-state index in [1.54, 1.807) is 5.57 Å². The van der Waals surface area contributed by atoms with Gasteiger partial charge < -0.3 is 4.74 Å². The first-order valence-electron chi connectivity index (χ1n) is 21.1. The zero-order valence-electron chi connectivity index (χ0n) is 32.7. The molecule has 0 heterocycles. The molecule has 0 aromatic heterocycles. The average Bonchev–Trinajstić information content (AvgIpc) is 3.43. The SMILES string of the molecule is CCCCC/C=C\C=C\C(CCCCCCCC(=O)OC1CC[C@@]2(C)C(=CC[C@H]3[C@@H]4CC[C@H]([C@H](C)CCCC(C)C)[C@@]4(C)CC[C@@H]32)C1)OO. The second-order valence-electron chi connectivity index (χ2n) is 17.9. The van der Waals surface area contributed by atoms with E-state index >= 15 is 0 Å². The molecule has 1 N–H and O–H groups in total. The molecule has 4 rings (SSSR count). The van der Waals surface area contributed by atoms with E-state index in [4.69, 9.17) is 4.74 Å². The topological polar surface area (TPSA) is 55.8 Å². The molecule has 4 nitrogen and oxygen atoms in total. The van der Waals surface area contributed by atoms with Crippen molar-refractivity contribution in [3.63, 3.8) is 0 Å². The quantitative estimate of drug-likeness (QED) is 0.0327. The smallest absolute Gasteiger partial charge is 0.306 e. The number of allylic oxidation sites excluding steroid dienone is 4. The molecule has 0 aromatic carbocycles. The van der Waals surface area contributed by atoms with Gasteiger partial charge in [-0.05, 0) is 117 Å². The standard InChI is InChI=1S/C45H76O4/c1-7-8-9-10-11-13-16-22-37(49-47)23-17-14-12-15-18-24-43(46)48-38-29-31-44(5)36(33-38)25-26-39-41-28-27-40(35(4)21-19-20-34(2)3)45(41,6)32-30-42(39)44/h11,13,16,22,25,34-35,37-42,47H,7-10,12,14-15,17-21,23-24,26-33H2,1-6H3/b13-11-,22-16+/t35-,37?,38?,39+,40-,41+,42+,44+,45-/m1/s1. The highest BCUT2D eigenvalue weighted by atomic mass is 17.1. The molecule has 4 heteroatoms. The number of unbranched alkanes of at least 4 members (excludes halogenated alkanes) is 7. The predicted octanol–water partition coefficient (Wildman–Crippen LogP) is 13.2. The van der Waals surface area contributed by atoms with Gasteiger partial charge in [0.05, 0.1) is 0 Å². The molecule has 0 aromatic rings. The van der Waals surface area contributed by atoms with Crippen molar-refractivity contribution in [2.75, 3.05) is 0 Å². The number of ether oxygens (including phenoxy) is 1. The Labute approximate surface area is 302 Å². The van der Waals surface area contributed by atoms with Gasteiger partial charge in [-0.15, -0.1) is 0 Å². The van der Waals surface area contributed by atoms with Crippen LogP contribution in [-0.2, 0) is 14.4 Å². The molecule has 0 saturated heterocycles. The molecule has 4 aliphatic carbocycles. The van der Waals surface area contributed by atoms with E-state index in [2.05, 4.69) is 64.7 Å². The Hall–Kier alpha value is -1.39. The van der Waals surface area contributed by atoms with Gasteiger partial charge in [-0.3, -0.25) is 10.1 Å². The number of carbonyl (C=O) groups excluding carboxylic acids is 1. The molecule has 0 aliphatic heterocycles. The summed E-state index contributed by atoms with van der Waals surface area (Å²) in [7, 11) is 0. The van der Waals surface area contributed by atoms with Gasteiger partial charge >= 0.3 is 5.97 Å². The van der Waals surface area contributed by atoms with E-state index in [0.29, 0.717) is 17.3 Å². The van der Waals surface area contributed by atoms with E-state index in [9.17, 15) is 10.1 Å². The van der Waals surface area contributed by atoms with Crippen molar-refractivity contribution in [1.29, 1.82) is 0 Å². The number of hydrogen-bond donors (Lipinski definition) is 1. The van der Waals surface area contributed by atoms with E-state index in [1.807, 2.05) is 12.2 Å². The summed E-state index contributed by atoms with van der Waals surface area (Å²) in [4.78, 5) is 17.5. The van der Waals surface area contributed by atoms with Crippen LogP contribution in [0.2, 0.25) is 0 Å². The van der Waals surface area contributed by atoms with E-state index in [0.717, 1.165) is 93.3 Å². The molecule has 3 fully saturated rings. The van der Waals surface area contributed by atoms with Gasteiger partial charge in [0.1, 0.15) is 12.2 Å². The van der Waals surface area contributed by atoms with Crippen LogP contribution in [-0.4, -0.2) is 23.4 Å². The molecule has 280 valence electrons. The number of carbonyl (C=O) groups is 1. The highest BCUT2D eigenvalue weighted by Crippen LogP contribution is 2.67. The second kappa shape index (κ2) is 20.0. The normalized spacial score (nSPS) is 32.6. The number of fused-ring (bicyclic) bond motifs is 5. The molecule has 0 amide bonds. The Morgan fingerprint density at radius 3 is 2.47 bits per heavy atom. The molecule has 0 bridgehead atoms. The molecule has 9 atom stereocenters. The van der Waals surface area contributed by atoms with Gasteiger partial charge in [0, 0.05) is 12.8 Å². The lowest BCUT2D eigenvalue weighted by Crippen LogP contribution is -2.51. The minimum absolute atomic E-state index is 0.00235. The molecule has 49 heavy (non-hydrogen) atoms. The summed E-state index contributed by atoms with van der Waals surface area (Å²) in [6.07, 6.45) is 36.3. The summed E-state index contributed by atoms with van der Waals surface area (Å²) in [5, 5.41) is 9.24. The third-order valence-corrected chi connectivity index (χ3v) is 14.1. The first-order chi connectivity index (χ1) is 23.6. The number of rotatable bonds is 21. The molecular formula is C45H76O4. The monoisotopic (exact) mass is 681 g/mol. The van der Waals surface area contributed by atoms with Gasteiger partial charge in [0.25, 0.3) is 0 Å². The first-order valence-corrected chi connectivity index (χ1v) is 21.1. The molecule has 0 spiro atoms. The first kappa shape index (κ1) is 40.4. The van der Waals surface area contributed by atoms with Gasteiger partial charge in [-0.25, -0.2) is 4.89 Å². The fourth-order valence-electron chi connectivity index (χ4n) is 11.2. The van der Waals surface area contributed by atoms with E-state index in [-0.39, 0.29) is 18.2 Å². The van der Waals surface area contributed by atoms with E-state index < -0.39 is 0 Å². The van der Waals surface area contributed by atoms with Crippen molar-refractivity contribution in [2.24, 2.45) is 46.3 Å². The summed E-state index contributed by atoms with van der Waals surface area (Å²) in [6.45, 7) is 14.8. The maximum absolute atomic E-state index is 12.8. The zero-order valence-corrected chi connectivity index (χ0v) is 32.7. The highest BCUT2D eigenvalue weighted by molar-refractivity contribution is 5.69. The lowest BCUT2D eigenvalue weighted by molar-refractivity contribution is -0.267. The average molecular weight is 681 g/mol. The summed E-state index contributed by atoms with van der Waals surface area (Å²) in [5.41, 5.74) is 2.45. The van der Waals surface area contributed by atoms with E-state index in [1.165, 1.54) is 77.0 Å². The Kier molecular flexibility index (Phi) is 16.5. The third kappa shape index (κ3) is 11.1. The van der Waals surface area contributed by atoms with Crippen molar-refractivity contribution >= 4 is 5.97 Å². The Bertz CT molecular complexity index is 1070. The zero-order chi connectivity index (χ0) is 35.3. The maximum atomic E-state index is 12.8. The number of esters is 1. The van der Waals surface area contributed by atoms with Crippen LogP contribution in [0, 0.1) is 46.3 Å². The minimum atomic E-state index is -0.246. The lowest BCUT2D eigenvalue weighted by Gasteiger charge is -2.58. The Morgan fingerprint density at radius 2 is 1.69 bits per heavy atom. The minimum Gasteiger partial charge on any atom is -0.462 e. The fourth-order valence-corrected chi connectivity index (χ4v) is 11.2. The molecule has 4 aliphatic rings. The van der Waals surface area contributed by atoms with Crippen molar-refractivity contribution in [2.45, 2.75) is 195 Å². The van der Waals surface area contributed by atoms with Crippen molar-refractivity contribution in [1.82, 2.24) is 0 Å². The van der Waals surface area contributed by atoms with Gasteiger partial charge in [-0.2, -0.15) is 0 Å². The highest BCUT2D eigenvalue weighted by Gasteiger charge is 2.59. The van der Waals surface area contributed by atoms with Crippen LogP contribution in [0.15, 0.2) is 36.0 Å². The van der Waals surface area contributed by atoms with Crippen LogP contribution >= 0.6 is 0 Å². The summed E-state index contributed by atoms with van der Waals surface area (Å²) in [5.74, 6) is 5.14. The van der Waals surface area contributed by atoms with Crippen LogP contribution in [0.25, 0.3) is 0 Å². The van der Waals surface area contributed by atoms with Crippen molar-refractivity contribution < 1.29 is 19.7 Å². The molecule has 3 saturated carbocycles. The Balaban J connectivity index is 1.14.